The number of carbonyl (C=O) groups is 1. The maximum atomic E-state index is 14.7. The van der Waals surface area contributed by atoms with Crippen molar-refractivity contribution in [3.05, 3.63) is 94.7 Å². The number of fused-ring (bicyclic) bond motifs is 3. The zero-order valence-corrected chi connectivity index (χ0v) is 18.9. The van der Waals surface area contributed by atoms with Gasteiger partial charge < -0.3 is 19.5 Å². The smallest absolute Gasteiger partial charge is 0.338 e. The standard InChI is InChI=1S/C27H23F2NO4/c1-26(2)14-34-27(3,15-7-12-18(25(32)33)19(29)13-15)23-22-20(5-4-6-21(22)31)30(24(23)26)17-10-8-16(28)9-11-17/h4-13,31H,14H2,1-3H3,(H,32,33). The quantitative estimate of drug-likeness (QED) is 0.398. The van der Waals surface area contributed by atoms with Crippen LogP contribution in [0.25, 0.3) is 16.6 Å². The lowest BCUT2D eigenvalue weighted by Gasteiger charge is -2.43. The van der Waals surface area contributed by atoms with E-state index < -0.39 is 28.4 Å². The van der Waals surface area contributed by atoms with E-state index in [2.05, 4.69) is 0 Å². The van der Waals surface area contributed by atoms with Gasteiger partial charge >= 0.3 is 5.97 Å². The van der Waals surface area contributed by atoms with E-state index in [1.165, 1.54) is 30.3 Å². The van der Waals surface area contributed by atoms with E-state index in [0.29, 0.717) is 27.7 Å². The summed E-state index contributed by atoms with van der Waals surface area (Å²) in [7, 11) is 0. The van der Waals surface area contributed by atoms with Crippen molar-refractivity contribution in [2.45, 2.75) is 31.8 Å². The van der Waals surface area contributed by atoms with Crippen LogP contribution >= 0.6 is 0 Å². The highest BCUT2D eigenvalue weighted by Gasteiger charge is 2.47. The summed E-state index contributed by atoms with van der Waals surface area (Å²) >= 11 is 0. The van der Waals surface area contributed by atoms with E-state index >= 15 is 0 Å². The van der Waals surface area contributed by atoms with Crippen LogP contribution in [0.5, 0.6) is 5.75 Å². The first kappa shape index (κ1) is 22.1. The first-order chi connectivity index (χ1) is 16.0. The predicted molar refractivity (Wildman–Crippen MR) is 124 cm³/mol. The molecule has 34 heavy (non-hydrogen) atoms. The highest BCUT2D eigenvalue weighted by atomic mass is 19.1. The molecule has 0 aliphatic carbocycles. The third-order valence-corrected chi connectivity index (χ3v) is 6.65. The largest absolute Gasteiger partial charge is 0.507 e. The highest BCUT2D eigenvalue weighted by molar-refractivity contribution is 5.94. The molecule has 1 aromatic heterocycles. The molecule has 174 valence electrons. The minimum absolute atomic E-state index is 0.0322. The second-order valence-electron chi connectivity index (χ2n) is 9.41. The Bertz CT molecular complexity index is 1460. The maximum Gasteiger partial charge on any atom is 0.338 e. The molecule has 2 heterocycles. The van der Waals surface area contributed by atoms with Gasteiger partial charge in [-0.05, 0) is 61.0 Å². The molecule has 0 bridgehead atoms. The normalized spacial score (nSPS) is 19.2. The number of benzene rings is 3. The zero-order valence-electron chi connectivity index (χ0n) is 18.9. The number of halogens is 2. The third kappa shape index (κ3) is 3.11. The van der Waals surface area contributed by atoms with Crippen LogP contribution in [0.2, 0.25) is 0 Å². The fraction of sp³-hybridized carbons (Fsp3) is 0.222. The summed E-state index contributed by atoms with van der Waals surface area (Å²) in [5.74, 6) is -2.55. The van der Waals surface area contributed by atoms with Crippen LogP contribution in [0.1, 0.15) is 48.0 Å². The number of hydrogen-bond acceptors (Lipinski definition) is 3. The molecular weight excluding hydrogens is 440 g/mol. The molecule has 0 saturated carbocycles. The van der Waals surface area contributed by atoms with Gasteiger partial charge in [-0.3, -0.25) is 0 Å². The number of rotatable bonds is 3. The van der Waals surface area contributed by atoms with Crippen molar-refractivity contribution in [1.82, 2.24) is 4.57 Å². The number of aromatic nitrogens is 1. The summed E-state index contributed by atoms with van der Waals surface area (Å²) < 4.78 is 36.8. The molecule has 5 nitrogen and oxygen atoms in total. The van der Waals surface area contributed by atoms with Gasteiger partial charge in [0.1, 0.15) is 23.0 Å². The third-order valence-electron chi connectivity index (χ3n) is 6.65. The molecule has 0 saturated heterocycles. The summed E-state index contributed by atoms with van der Waals surface area (Å²) in [6.07, 6.45) is 0. The van der Waals surface area contributed by atoms with Gasteiger partial charge in [-0.15, -0.1) is 0 Å². The lowest BCUT2D eigenvalue weighted by molar-refractivity contribution is -0.0438. The Morgan fingerprint density at radius 1 is 1.03 bits per heavy atom. The molecule has 1 aliphatic heterocycles. The van der Waals surface area contributed by atoms with Crippen LogP contribution in [0.15, 0.2) is 60.7 Å². The number of aromatic hydroxyl groups is 1. The van der Waals surface area contributed by atoms with Crippen molar-refractivity contribution in [3.63, 3.8) is 0 Å². The Kier molecular flexibility index (Phi) is 4.81. The number of phenolic OH excluding ortho intramolecular Hbond substituents is 1. The number of nitrogens with zero attached hydrogens (tertiary/aromatic N) is 1. The van der Waals surface area contributed by atoms with Crippen molar-refractivity contribution in [2.24, 2.45) is 0 Å². The molecular formula is C27H23F2NO4. The van der Waals surface area contributed by atoms with E-state index in [9.17, 15) is 23.8 Å². The van der Waals surface area contributed by atoms with Crippen LogP contribution in [-0.2, 0) is 15.8 Å². The van der Waals surface area contributed by atoms with Crippen molar-refractivity contribution in [2.75, 3.05) is 6.61 Å². The molecule has 0 spiro atoms. The maximum absolute atomic E-state index is 14.7. The number of carboxylic acids is 1. The summed E-state index contributed by atoms with van der Waals surface area (Å²) in [6, 6.07) is 15.2. The summed E-state index contributed by atoms with van der Waals surface area (Å²) in [5, 5.41) is 20.8. The minimum Gasteiger partial charge on any atom is -0.507 e. The molecule has 1 aliphatic rings. The van der Waals surface area contributed by atoms with Gasteiger partial charge in [0.15, 0.2) is 0 Å². The molecule has 0 radical (unpaired) electrons. The van der Waals surface area contributed by atoms with Crippen molar-refractivity contribution < 1.29 is 28.5 Å². The van der Waals surface area contributed by atoms with Crippen LogP contribution < -0.4 is 0 Å². The molecule has 2 N–H and O–H groups in total. The molecule has 4 aromatic rings. The summed E-state index contributed by atoms with van der Waals surface area (Å²) in [4.78, 5) is 11.3. The molecule has 3 aromatic carbocycles. The van der Waals surface area contributed by atoms with E-state index in [1.807, 2.05) is 24.5 Å². The van der Waals surface area contributed by atoms with Gasteiger partial charge in [0.25, 0.3) is 0 Å². The van der Waals surface area contributed by atoms with E-state index in [-0.39, 0.29) is 18.2 Å². The van der Waals surface area contributed by atoms with Gasteiger partial charge in [0, 0.05) is 27.7 Å². The Balaban J connectivity index is 1.89. The zero-order chi connectivity index (χ0) is 24.4. The number of hydrogen-bond donors (Lipinski definition) is 2. The lowest BCUT2D eigenvalue weighted by Crippen LogP contribution is -2.43. The second kappa shape index (κ2) is 7.40. The Morgan fingerprint density at radius 2 is 1.74 bits per heavy atom. The number of carboxylic acid groups (broad SMARTS) is 1. The number of phenols is 1. The van der Waals surface area contributed by atoms with Gasteiger partial charge in [-0.2, -0.15) is 0 Å². The van der Waals surface area contributed by atoms with Crippen LogP contribution in [-0.4, -0.2) is 27.4 Å². The molecule has 0 amide bonds. The van der Waals surface area contributed by atoms with Crippen LogP contribution in [0.4, 0.5) is 8.78 Å². The fourth-order valence-electron chi connectivity index (χ4n) is 4.96. The van der Waals surface area contributed by atoms with E-state index in [0.717, 1.165) is 5.69 Å². The highest BCUT2D eigenvalue weighted by Crippen LogP contribution is 2.52. The van der Waals surface area contributed by atoms with Crippen molar-refractivity contribution >= 4 is 16.9 Å². The Labute approximate surface area is 194 Å². The Hall–Kier alpha value is -3.71. The summed E-state index contributed by atoms with van der Waals surface area (Å²) in [6.45, 7) is 6.08. The summed E-state index contributed by atoms with van der Waals surface area (Å²) in [5.41, 5.74) is 1.19. The molecule has 1 unspecified atom stereocenters. The molecule has 5 rings (SSSR count). The molecule has 7 heteroatoms. The average molecular weight is 463 g/mol. The van der Waals surface area contributed by atoms with Crippen molar-refractivity contribution in [3.8, 4) is 11.4 Å². The monoisotopic (exact) mass is 463 g/mol. The van der Waals surface area contributed by atoms with Crippen molar-refractivity contribution in [1.29, 1.82) is 0 Å². The fourth-order valence-corrected chi connectivity index (χ4v) is 4.96. The second-order valence-corrected chi connectivity index (χ2v) is 9.41. The average Bonchev–Trinajstić information content (AvgIpc) is 3.16. The van der Waals surface area contributed by atoms with Gasteiger partial charge in [0.05, 0.1) is 17.7 Å². The first-order valence-corrected chi connectivity index (χ1v) is 10.8. The van der Waals surface area contributed by atoms with Crippen LogP contribution in [0, 0.1) is 11.6 Å². The van der Waals surface area contributed by atoms with E-state index in [4.69, 9.17) is 4.74 Å². The van der Waals surface area contributed by atoms with Gasteiger partial charge in [-0.25, -0.2) is 13.6 Å². The number of aromatic carboxylic acids is 1. The van der Waals surface area contributed by atoms with Crippen LogP contribution in [0.3, 0.4) is 0 Å². The minimum atomic E-state index is -1.36. The lowest BCUT2D eigenvalue weighted by atomic mass is 9.75. The van der Waals surface area contributed by atoms with E-state index in [1.54, 1.807) is 31.2 Å². The van der Waals surface area contributed by atoms with Gasteiger partial charge in [-0.1, -0.05) is 26.0 Å². The SMILES string of the molecule is CC1(C)COC(C)(c2ccc(C(=O)O)c(F)c2)c2c1n(-c1ccc(F)cc1)c1cccc(O)c21. The first-order valence-electron chi connectivity index (χ1n) is 10.8. The van der Waals surface area contributed by atoms with Gasteiger partial charge in [0.2, 0.25) is 0 Å². The Morgan fingerprint density at radius 3 is 2.38 bits per heavy atom. The predicted octanol–water partition coefficient (Wildman–Crippen LogP) is 5.88. The molecule has 1 atom stereocenters. The molecule has 0 fully saturated rings. The number of ether oxygens (including phenoxy) is 1. The topological polar surface area (TPSA) is 71.7 Å².